The maximum Gasteiger partial charge on any atom is 0.401 e. The zero-order chi connectivity index (χ0) is 27.9. The van der Waals surface area contributed by atoms with Crippen LogP contribution in [-0.2, 0) is 27.8 Å². The van der Waals surface area contributed by atoms with Crippen LogP contribution in [0.2, 0.25) is 0 Å². The van der Waals surface area contributed by atoms with Gasteiger partial charge in [0.2, 0.25) is 5.91 Å². The predicted molar refractivity (Wildman–Crippen MR) is 133 cm³/mol. The Kier molecular flexibility index (Phi) is 6.61. The molecule has 6 rings (SSSR count). The number of nitrogens with zero attached hydrogens (tertiary/aromatic N) is 5. The molecule has 1 unspecified atom stereocenters. The second kappa shape index (κ2) is 10.1. The third-order valence-corrected chi connectivity index (χ3v) is 7.28. The Morgan fingerprint density at radius 3 is 2.60 bits per heavy atom. The molecule has 0 bridgehead atoms. The molecular weight excluding hydrogens is 532 g/mol. The molecule has 1 aliphatic heterocycles. The topological polar surface area (TPSA) is 108 Å². The number of benzene rings is 1. The normalized spacial score (nSPS) is 18.1. The van der Waals surface area contributed by atoms with E-state index in [0.29, 0.717) is 30.0 Å². The number of hydrogen-bond donors (Lipinski definition) is 1. The third kappa shape index (κ3) is 5.20. The summed E-state index contributed by atoms with van der Waals surface area (Å²) in [5.41, 5.74) is 0.182. The summed E-state index contributed by atoms with van der Waals surface area (Å²) in [6.45, 7) is 1.39. The van der Waals surface area contributed by atoms with Gasteiger partial charge in [-0.2, -0.15) is 18.3 Å². The molecule has 2 aliphatic rings. The van der Waals surface area contributed by atoms with Crippen LogP contribution in [0.1, 0.15) is 48.0 Å². The van der Waals surface area contributed by atoms with Gasteiger partial charge in [-0.3, -0.25) is 9.48 Å². The first kappa shape index (κ1) is 26.1. The number of rotatable bonds is 8. The maximum atomic E-state index is 14.8. The molecule has 4 aromatic rings. The van der Waals surface area contributed by atoms with Gasteiger partial charge in [-0.25, -0.2) is 14.4 Å². The Balaban J connectivity index is 1.06. The first-order valence-electron chi connectivity index (χ1n) is 12.7. The Morgan fingerprint density at radius 2 is 1.93 bits per heavy atom. The molecule has 13 heteroatoms. The van der Waals surface area contributed by atoms with Crippen molar-refractivity contribution in [1.82, 2.24) is 24.9 Å². The summed E-state index contributed by atoms with van der Waals surface area (Å²) in [5.74, 6) is -1.15. The number of nitrogens with one attached hydrogen (secondary N) is 1. The van der Waals surface area contributed by atoms with E-state index >= 15 is 0 Å². The summed E-state index contributed by atoms with van der Waals surface area (Å²) in [4.78, 5) is 21.2. The number of amides is 1. The minimum atomic E-state index is -4.46. The molecule has 4 heterocycles. The summed E-state index contributed by atoms with van der Waals surface area (Å²) in [6, 6.07) is 5.71. The van der Waals surface area contributed by atoms with Crippen molar-refractivity contribution in [3.8, 4) is 11.1 Å². The Labute approximate surface area is 225 Å². The van der Waals surface area contributed by atoms with Crippen LogP contribution in [0.15, 0.2) is 53.6 Å². The Morgan fingerprint density at radius 1 is 1.12 bits per heavy atom. The average Bonchev–Trinajstić information content (AvgIpc) is 3.27. The van der Waals surface area contributed by atoms with Crippen molar-refractivity contribution < 1.29 is 31.6 Å². The number of alkyl halides is 3. The van der Waals surface area contributed by atoms with E-state index in [2.05, 4.69) is 25.5 Å². The van der Waals surface area contributed by atoms with Crippen molar-refractivity contribution in [3.63, 3.8) is 0 Å². The van der Waals surface area contributed by atoms with Crippen molar-refractivity contribution in [2.24, 2.45) is 0 Å². The highest BCUT2D eigenvalue weighted by Crippen LogP contribution is 2.59. The zero-order valence-electron chi connectivity index (χ0n) is 21.1. The first-order valence-corrected chi connectivity index (χ1v) is 12.7. The van der Waals surface area contributed by atoms with Crippen LogP contribution in [0.25, 0.3) is 11.1 Å². The van der Waals surface area contributed by atoms with Crippen molar-refractivity contribution >= 4 is 11.7 Å². The molecule has 9 nitrogen and oxygen atoms in total. The predicted octanol–water partition coefficient (Wildman–Crippen LogP) is 4.79. The van der Waals surface area contributed by atoms with Gasteiger partial charge in [-0.15, -0.1) is 0 Å². The summed E-state index contributed by atoms with van der Waals surface area (Å²) >= 11 is 0. The highest BCUT2D eigenvalue weighted by atomic mass is 19.4. The first-order chi connectivity index (χ1) is 19.2. The van der Waals surface area contributed by atoms with Gasteiger partial charge < -0.3 is 14.6 Å². The molecule has 0 spiro atoms. The fourth-order valence-electron chi connectivity index (χ4n) is 4.76. The summed E-state index contributed by atoms with van der Waals surface area (Å²) in [6.07, 6.45) is 3.42. The lowest BCUT2D eigenvalue weighted by Gasteiger charge is -2.14. The van der Waals surface area contributed by atoms with E-state index in [1.807, 2.05) is 10.9 Å². The molecule has 3 aromatic heterocycles. The van der Waals surface area contributed by atoms with Crippen molar-refractivity contribution in [2.75, 3.05) is 18.5 Å². The lowest BCUT2D eigenvalue weighted by molar-refractivity contribution is -0.165. The van der Waals surface area contributed by atoms with Crippen LogP contribution >= 0.6 is 0 Å². The lowest BCUT2D eigenvalue weighted by atomic mass is 10.0. The summed E-state index contributed by atoms with van der Waals surface area (Å²) in [5, 5.41) is 10.3. The monoisotopic (exact) mass is 556 g/mol. The van der Waals surface area contributed by atoms with Gasteiger partial charge in [0.15, 0.2) is 11.6 Å². The third-order valence-electron chi connectivity index (χ3n) is 7.28. The average molecular weight is 557 g/mol. The minimum absolute atomic E-state index is 0.0906. The molecule has 1 saturated heterocycles. The molecule has 2 fully saturated rings. The van der Waals surface area contributed by atoms with E-state index in [9.17, 15) is 22.4 Å². The van der Waals surface area contributed by atoms with E-state index in [4.69, 9.17) is 9.26 Å². The highest BCUT2D eigenvalue weighted by molar-refractivity contribution is 5.91. The molecule has 1 N–H and O–H groups in total. The molecule has 1 atom stereocenters. The largest absolute Gasteiger partial charge is 0.401 e. The fourth-order valence-corrected chi connectivity index (χ4v) is 4.76. The number of hydrogen-bond acceptors (Lipinski definition) is 7. The molecular formula is C27H24F4N6O3. The van der Waals surface area contributed by atoms with E-state index in [0.717, 1.165) is 24.7 Å². The van der Waals surface area contributed by atoms with Gasteiger partial charge in [0.1, 0.15) is 17.1 Å². The molecule has 1 saturated carbocycles. The Hall–Kier alpha value is -4.13. The maximum absolute atomic E-state index is 14.8. The number of aromatic nitrogens is 5. The van der Waals surface area contributed by atoms with Gasteiger partial charge in [-0.1, -0.05) is 17.3 Å². The minimum Gasteiger partial charge on any atom is -0.379 e. The second-order valence-corrected chi connectivity index (χ2v) is 10.1. The molecule has 0 radical (unpaired) electrons. The number of ether oxygens (including phenoxy) is 1. The number of carbonyl (C=O) groups excluding carboxylic acids is 1. The molecule has 1 amide bonds. The Bertz CT molecular complexity index is 1520. The van der Waals surface area contributed by atoms with E-state index in [1.54, 1.807) is 24.7 Å². The van der Waals surface area contributed by atoms with Crippen LogP contribution < -0.4 is 5.32 Å². The fraction of sp³-hybridized carbons (Fsp3) is 0.370. The standard InChI is InChI=1S/C27H24F4N6O3/c28-21-8-17(19-12-32-23(33-13-19)7-16-11-34-37(14-16)20-3-6-39-15-20)1-2-18(21)9-25(38)35-24-10-22(40-36-24)26(4-5-26)27(29,30)31/h1-2,8,10-14,20H,3-7,9,15H2,(H,35,36,38). The summed E-state index contributed by atoms with van der Waals surface area (Å²) < 4.78 is 66.8. The van der Waals surface area contributed by atoms with E-state index in [1.165, 1.54) is 12.1 Å². The quantitative estimate of drug-likeness (QED) is 0.311. The SMILES string of the molecule is O=C(Cc1ccc(-c2cnc(Cc3cnn(C4CCOC4)c3)nc2)cc1F)Nc1cc(C2(C(F)(F)F)CC2)on1. The van der Waals surface area contributed by atoms with Crippen LogP contribution in [0.4, 0.5) is 23.4 Å². The van der Waals surface area contributed by atoms with Crippen LogP contribution in [0, 0.1) is 5.82 Å². The van der Waals surface area contributed by atoms with E-state index < -0.39 is 23.3 Å². The number of carbonyl (C=O) groups is 1. The van der Waals surface area contributed by atoms with Gasteiger partial charge >= 0.3 is 6.18 Å². The van der Waals surface area contributed by atoms with Gasteiger partial charge in [0.25, 0.3) is 0 Å². The molecule has 208 valence electrons. The zero-order valence-corrected chi connectivity index (χ0v) is 21.1. The molecule has 1 aliphatic carbocycles. The van der Waals surface area contributed by atoms with Crippen LogP contribution in [-0.4, -0.2) is 50.2 Å². The summed E-state index contributed by atoms with van der Waals surface area (Å²) in [7, 11) is 0. The second-order valence-electron chi connectivity index (χ2n) is 10.1. The van der Waals surface area contributed by atoms with Crippen LogP contribution in [0.3, 0.4) is 0 Å². The highest BCUT2D eigenvalue weighted by Gasteiger charge is 2.66. The van der Waals surface area contributed by atoms with Crippen LogP contribution in [0.5, 0.6) is 0 Å². The molecule has 40 heavy (non-hydrogen) atoms. The van der Waals surface area contributed by atoms with Crippen molar-refractivity contribution in [2.45, 2.75) is 49.7 Å². The smallest absolute Gasteiger partial charge is 0.379 e. The number of anilines is 1. The van der Waals surface area contributed by atoms with Gasteiger partial charge in [-0.05, 0) is 42.0 Å². The lowest BCUT2D eigenvalue weighted by Crippen LogP contribution is -2.28. The van der Waals surface area contributed by atoms with Gasteiger partial charge in [0.05, 0.1) is 25.3 Å². The molecule has 1 aromatic carbocycles. The number of halogens is 4. The van der Waals surface area contributed by atoms with Crippen molar-refractivity contribution in [1.29, 1.82) is 0 Å². The van der Waals surface area contributed by atoms with Crippen molar-refractivity contribution in [3.05, 3.63) is 77.6 Å². The van der Waals surface area contributed by atoms with Gasteiger partial charge in [0, 0.05) is 43.2 Å². The van der Waals surface area contributed by atoms with E-state index in [-0.39, 0.29) is 42.4 Å².